The summed E-state index contributed by atoms with van der Waals surface area (Å²) in [5.74, 6) is 2.18. The molecule has 2 heterocycles. The van der Waals surface area contributed by atoms with E-state index in [0.29, 0.717) is 12.4 Å². The van der Waals surface area contributed by atoms with E-state index in [1.165, 1.54) is 22.3 Å². The SMILES string of the molecule is CC.Cc1cc2c(N)nccc2c(C)c1CNc1cc(NCC2=CCCC=C2)ncn1. The Balaban J connectivity index is 0.00000132. The topological polar surface area (TPSA) is 88.8 Å². The van der Waals surface area contributed by atoms with Crippen LogP contribution >= 0.6 is 0 Å². The Morgan fingerprint density at radius 3 is 2.39 bits per heavy atom. The van der Waals surface area contributed by atoms with Gasteiger partial charge in [0.1, 0.15) is 23.8 Å². The van der Waals surface area contributed by atoms with Crippen LogP contribution in [0.15, 0.2) is 54.5 Å². The molecule has 0 atom stereocenters. The van der Waals surface area contributed by atoms with E-state index in [1.54, 1.807) is 12.5 Å². The fourth-order valence-corrected chi connectivity index (χ4v) is 3.72. The van der Waals surface area contributed by atoms with Crippen LogP contribution < -0.4 is 16.4 Å². The molecule has 0 unspecified atom stereocenters. The van der Waals surface area contributed by atoms with E-state index in [2.05, 4.69) is 63.7 Å². The van der Waals surface area contributed by atoms with Crippen molar-refractivity contribution < 1.29 is 0 Å². The standard InChI is InChI=1S/C23H26N6.C2H6/c1-15-10-19-18(8-9-25-23(19)24)16(2)20(15)13-27-22-11-21(28-14-29-22)26-12-17-6-4-3-5-7-17;1-2/h4,6-11,14H,3,5,12-13H2,1-2H3,(H2,24,25)(H2,26,27,28,29);1-2H3. The molecule has 0 amide bonds. The number of rotatable bonds is 6. The van der Waals surface area contributed by atoms with Crippen LogP contribution in [0.2, 0.25) is 0 Å². The first-order valence-electron chi connectivity index (χ1n) is 10.9. The van der Waals surface area contributed by atoms with Crippen molar-refractivity contribution in [2.24, 2.45) is 0 Å². The fraction of sp³-hybridized carbons (Fsp3) is 0.320. The number of benzene rings is 1. The quantitative estimate of drug-likeness (QED) is 0.488. The van der Waals surface area contributed by atoms with Gasteiger partial charge >= 0.3 is 0 Å². The number of nitrogens with zero attached hydrogens (tertiary/aromatic N) is 3. The highest BCUT2D eigenvalue weighted by molar-refractivity contribution is 5.94. The Bertz CT molecular complexity index is 1100. The Kier molecular flexibility index (Phi) is 7.60. The van der Waals surface area contributed by atoms with Crippen LogP contribution in [0.25, 0.3) is 10.8 Å². The average Bonchev–Trinajstić information content (AvgIpc) is 2.81. The summed E-state index contributed by atoms with van der Waals surface area (Å²) in [6.45, 7) is 9.68. The van der Waals surface area contributed by atoms with Gasteiger partial charge in [-0.15, -0.1) is 0 Å². The summed E-state index contributed by atoms with van der Waals surface area (Å²) in [6.07, 6.45) is 12.2. The number of anilines is 3. The lowest BCUT2D eigenvalue weighted by atomic mass is 9.96. The van der Waals surface area contributed by atoms with Crippen molar-refractivity contribution in [1.82, 2.24) is 15.0 Å². The monoisotopic (exact) mass is 416 g/mol. The first-order valence-corrected chi connectivity index (χ1v) is 10.9. The maximum Gasteiger partial charge on any atom is 0.131 e. The number of aryl methyl sites for hydroxylation is 2. The molecule has 0 aliphatic heterocycles. The van der Waals surface area contributed by atoms with Crippen molar-refractivity contribution in [3.8, 4) is 0 Å². The minimum absolute atomic E-state index is 0.572. The predicted octanol–water partition coefficient (Wildman–Crippen LogP) is 5.55. The average molecular weight is 417 g/mol. The van der Waals surface area contributed by atoms with Crippen LogP contribution in [-0.2, 0) is 6.54 Å². The highest BCUT2D eigenvalue weighted by Gasteiger charge is 2.10. The summed E-state index contributed by atoms with van der Waals surface area (Å²) in [5, 5.41) is 8.95. The summed E-state index contributed by atoms with van der Waals surface area (Å²) in [5.41, 5.74) is 11.0. The molecular formula is C25H32N6. The molecule has 4 N–H and O–H groups in total. The number of nitrogen functional groups attached to an aromatic ring is 1. The number of fused-ring (bicyclic) bond motifs is 1. The van der Waals surface area contributed by atoms with Crippen LogP contribution in [0.1, 0.15) is 43.4 Å². The molecule has 4 rings (SSSR count). The van der Waals surface area contributed by atoms with Gasteiger partial charge in [0.15, 0.2) is 0 Å². The van der Waals surface area contributed by atoms with Crippen LogP contribution in [0.4, 0.5) is 17.5 Å². The Labute approximate surface area is 184 Å². The lowest BCUT2D eigenvalue weighted by Crippen LogP contribution is -2.09. The van der Waals surface area contributed by atoms with Gasteiger partial charge in [-0.1, -0.05) is 32.1 Å². The lowest BCUT2D eigenvalue weighted by Gasteiger charge is -2.15. The normalized spacial score (nSPS) is 12.7. The molecule has 1 aromatic carbocycles. The van der Waals surface area contributed by atoms with Crippen LogP contribution in [-0.4, -0.2) is 21.5 Å². The van der Waals surface area contributed by atoms with Crippen molar-refractivity contribution in [2.75, 3.05) is 22.9 Å². The van der Waals surface area contributed by atoms with Crippen molar-refractivity contribution in [1.29, 1.82) is 0 Å². The molecule has 31 heavy (non-hydrogen) atoms. The van der Waals surface area contributed by atoms with E-state index >= 15 is 0 Å². The van der Waals surface area contributed by atoms with Crippen molar-refractivity contribution in [2.45, 2.75) is 47.1 Å². The number of nitrogens with one attached hydrogen (secondary N) is 2. The van der Waals surface area contributed by atoms with Gasteiger partial charge in [-0.05, 0) is 66.5 Å². The van der Waals surface area contributed by atoms with E-state index in [9.17, 15) is 0 Å². The van der Waals surface area contributed by atoms with Gasteiger partial charge in [-0.3, -0.25) is 0 Å². The first-order chi connectivity index (χ1) is 15.1. The van der Waals surface area contributed by atoms with Crippen molar-refractivity contribution >= 4 is 28.2 Å². The molecule has 0 saturated heterocycles. The zero-order valence-electron chi connectivity index (χ0n) is 18.9. The van der Waals surface area contributed by atoms with E-state index in [4.69, 9.17) is 5.73 Å². The number of aromatic nitrogens is 3. The maximum atomic E-state index is 6.05. The molecular weight excluding hydrogens is 384 g/mol. The second-order valence-electron chi connectivity index (χ2n) is 7.34. The van der Waals surface area contributed by atoms with E-state index in [-0.39, 0.29) is 0 Å². The number of nitrogens with two attached hydrogens (primary N) is 1. The molecule has 2 aromatic heterocycles. The summed E-state index contributed by atoms with van der Waals surface area (Å²) in [6, 6.07) is 6.08. The molecule has 162 valence electrons. The molecule has 0 radical (unpaired) electrons. The maximum absolute atomic E-state index is 6.05. The number of pyridine rings is 1. The summed E-state index contributed by atoms with van der Waals surface area (Å²) in [4.78, 5) is 12.9. The highest BCUT2D eigenvalue weighted by atomic mass is 15.1. The van der Waals surface area contributed by atoms with E-state index < -0.39 is 0 Å². The van der Waals surface area contributed by atoms with Crippen LogP contribution in [0.3, 0.4) is 0 Å². The predicted molar refractivity (Wildman–Crippen MR) is 131 cm³/mol. The van der Waals surface area contributed by atoms with Crippen LogP contribution in [0.5, 0.6) is 0 Å². The largest absolute Gasteiger partial charge is 0.383 e. The van der Waals surface area contributed by atoms with Crippen molar-refractivity contribution in [3.05, 3.63) is 71.2 Å². The zero-order chi connectivity index (χ0) is 22.2. The van der Waals surface area contributed by atoms with Gasteiger partial charge in [0.2, 0.25) is 0 Å². The smallest absolute Gasteiger partial charge is 0.131 e. The molecule has 1 aliphatic carbocycles. The number of allylic oxidation sites excluding steroid dienone is 2. The van der Waals surface area contributed by atoms with E-state index in [0.717, 1.165) is 41.8 Å². The summed E-state index contributed by atoms with van der Waals surface area (Å²) >= 11 is 0. The second-order valence-corrected chi connectivity index (χ2v) is 7.34. The third kappa shape index (κ3) is 5.40. The number of hydrogen-bond acceptors (Lipinski definition) is 6. The molecule has 0 fully saturated rings. The first kappa shape index (κ1) is 22.3. The Morgan fingerprint density at radius 2 is 1.68 bits per heavy atom. The minimum atomic E-state index is 0.572. The molecule has 0 bridgehead atoms. The van der Waals surface area contributed by atoms with E-state index in [1.807, 2.05) is 26.0 Å². The summed E-state index contributed by atoms with van der Waals surface area (Å²) < 4.78 is 0. The molecule has 0 spiro atoms. The Morgan fingerprint density at radius 1 is 0.935 bits per heavy atom. The van der Waals surface area contributed by atoms with Gasteiger partial charge in [-0.2, -0.15) is 0 Å². The molecule has 6 heteroatoms. The van der Waals surface area contributed by atoms with Gasteiger partial charge < -0.3 is 16.4 Å². The number of hydrogen-bond donors (Lipinski definition) is 3. The van der Waals surface area contributed by atoms with Crippen LogP contribution in [0, 0.1) is 13.8 Å². The molecule has 3 aromatic rings. The van der Waals surface area contributed by atoms with Gasteiger partial charge in [-0.25, -0.2) is 15.0 Å². The minimum Gasteiger partial charge on any atom is -0.383 e. The zero-order valence-corrected chi connectivity index (χ0v) is 18.9. The van der Waals surface area contributed by atoms with Gasteiger partial charge in [0.05, 0.1) is 0 Å². The molecule has 0 saturated carbocycles. The highest BCUT2D eigenvalue weighted by Crippen LogP contribution is 2.28. The molecule has 1 aliphatic rings. The fourth-order valence-electron chi connectivity index (χ4n) is 3.72. The van der Waals surface area contributed by atoms with Gasteiger partial charge in [0.25, 0.3) is 0 Å². The third-order valence-corrected chi connectivity index (χ3v) is 5.37. The van der Waals surface area contributed by atoms with Gasteiger partial charge in [0, 0.05) is 30.7 Å². The Hall–Kier alpha value is -3.41. The second kappa shape index (κ2) is 10.6. The third-order valence-electron chi connectivity index (χ3n) is 5.37. The summed E-state index contributed by atoms with van der Waals surface area (Å²) in [7, 11) is 0. The molecule has 6 nitrogen and oxygen atoms in total. The lowest BCUT2D eigenvalue weighted by molar-refractivity contribution is 1.00. The van der Waals surface area contributed by atoms with Crippen molar-refractivity contribution in [3.63, 3.8) is 0 Å².